The Labute approximate surface area is 99.8 Å². The minimum atomic E-state index is 0. The van der Waals surface area contributed by atoms with Gasteiger partial charge >= 0.3 is 0 Å². The monoisotopic (exact) mass is 226 g/mol. The molecule has 17 heavy (non-hydrogen) atoms. The molecule has 0 atom stereocenters. The van der Waals surface area contributed by atoms with Crippen LogP contribution in [0.3, 0.4) is 0 Å². The molecule has 0 aliphatic rings. The van der Waals surface area contributed by atoms with Crippen molar-refractivity contribution in [1.82, 2.24) is 0 Å². The van der Waals surface area contributed by atoms with E-state index in [9.17, 15) is 10.2 Å². The first-order valence-electron chi connectivity index (χ1n) is 5.09. The van der Waals surface area contributed by atoms with Crippen LogP contribution in [0.2, 0.25) is 0 Å². The fourth-order valence-corrected chi connectivity index (χ4v) is 2.03. The van der Waals surface area contributed by atoms with Gasteiger partial charge in [0.05, 0.1) is 0 Å². The second-order valence-corrected chi connectivity index (χ2v) is 3.85. The molecule has 3 rings (SSSR count). The van der Waals surface area contributed by atoms with Gasteiger partial charge in [0.15, 0.2) is 0 Å². The third-order valence-corrected chi connectivity index (χ3v) is 2.82. The number of rotatable bonds is 0. The van der Waals surface area contributed by atoms with Gasteiger partial charge in [0, 0.05) is 10.8 Å². The molecule has 2 nitrogen and oxygen atoms in total. The normalized spacial score (nSPS) is 10.4. The van der Waals surface area contributed by atoms with Crippen LogP contribution in [0.1, 0.15) is 7.43 Å². The van der Waals surface area contributed by atoms with Crippen molar-refractivity contribution in [3.8, 4) is 11.5 Å². The molecule has 3 aromatic rings. The van der Waals surface area contributed by atoms with Crippen LogP contribution in [0.4, 0.5) is 0 Å². The van der Waals surface area contributed by atoms with E-state index in [-0.39, 0.29) is 18.9 Å². The van der Waals surface area contributed by atoms with Gasteiger partial charge in [-0.2, -0.15) is 0 Å². The number of hydrogen-bond donors (Lipinski definition) is 2. The molecule has 0 bridgehead atoms. The molecule has 0 aliphatic heterocycles. The van der Waals surface area contributed by atoms with Crippen LogP contribution in [-0.4, -0.2) is 10.2 Å². The highest BCUT2D eigenvalue weighted by atomic mass is 16.3. The second-order valence-electron chi connectivity index (χ2n) is 3.85. The topological polar surface area (TPSA) is 40.5 Å². The predicted molar refractivity (Wildman–Crippen MR) is 71.5 cm³/mol. The lowest BCUT2D eigenvalue weighted by molar-refractivity contribution is 0.473. The lowest BCUT2D eigenvalue weighted by atomic mass is 10.0. The average molecular weight is 226 g/mol. The Bertz CT molecular complexity index is 687. The molecule has 86 valence electrons. The van der Waals surface area contributed by atoms with Gasteiger partial charge in [-0.05, 0) is 29.0 Å². The Morgan fingerprint density at radius 3 is 2.24 bits per heavy atom. The highest BCUT2D eigenvalue weighted by molar-refractivity contribution is 6.05. The fourth-order valence-electron chi connectivity index (χ4n) is 2.03. The molecule has 0 spiro atoms. The van der Waals surface area contributed by atoms with Crippen LogP contribution >= 0.6 is 0 Å². The summed E-state index contributed by atoms with van der Waals surface area (Å²) >= 11 is 0. The molecule has 0 aliphatic carbocycles. The van der Waals surface area contributed by atoms with E-state index in [4.69, 9.17) is 0 Å². The number of phenols is 2. The third-order valence-electron chi connectivity index (χ3n) is 2.82. The van der Waals surface area contributed by atoms with Gasteiger partial charge in [0.25, 0.3) is 0 Å². The quantitative estimate of drug-likeness (QED) is 0.568. The molecule has 3 aromatic carbocycles. The van der Waals surface area contributed by atoms with Gasteiger partial charge in [-0.1, -0.05) is 37.8 Å². The molecule has 0 amide bonds. The molecule has 2 N–H and O–H groups in total. The van der Waals surface area contributed by atoms with Gasteiger partial charge < -0.3 is 10.2 Å². The summed E-state index contributed by atoms with van der Waals surface area (Å²) in [6.45, 7) is 0. The van der Waals surface area contributed by atoms with E-state index < -0.39 is 0 Å². The lowest BCUT2D eigenvalue weighted by Gasteiger charge is -2.06. The summed E-state index contributed by atoms with van der Waals surface area (Å²) < 4.78 is 0. The summed E-state index contributed by atoms with van der Waals surface area (Å²) in [5.74, 6) is 0.391. The van der Waals surface area contributed by atoms with E-state index in [0.29, 0.717) is 5.39 Å². The van der Waals surface area contributed by atoms with Crippen LogP contribution < -0.4 is 0 Å². The zero-order chi connectivity index (χ0) is 11.1. The molecule has 0 radical (unpaired) electrons. The van der Waals surface area contributed by atoms with Crippen molar-refractivity contribution in [3.05, 3.63) is 48.5 Å². The van der Waals surface area contributed by atoms with E-state index >= 15 is 0 Å². The van der Waals surface area contributed by atoms with Crippen LogP contribution in [0.5, 0.6) is 11.5 Å². The summed E-state index contributed by atoms with van der Waals surface area (Å²) in [5, 5.41) is 22.9. The zero-order valence-electron chi connectivity index (χ0n) is 8.51. The number of phenolic OH excluding ortho intramolecular Hbond substituents is 2. The molecular formula is C15H14O2. The van der Waals surface area contributed by atoms with Gasteiger partial charge in [0.1, 0.15) is 11.5 Å². The van der Waals surface area contributed by atoms with Crippen molar-refractivity contribution in [2.24, 2.45) is 0 Å². The number of benzene rings is 3. The minimum absolute atomic E-state index is 0. The van der Waals surface area contributed by atoms with Crippen molar-refractivity contribution in [2.75, 3.05) is 0 Å². The maximum Gasteiger partial charge on any atom is 0.131 e. The van der Waals surface area contributed by atoms with Crippen molar-refractivity contribution < 1.29 is 10.2 Å². The number of hydrogen-bond acceptors (Lipinski definition) is 2. The van der Waals surface area contributed by atoms with Gasteiger partial charge in [-0.3, -0.25) is 0 Å². The van der Waals surface area contributed by atoms with Crippen LogP contribution in [0, 0.1) is 0 Å². The molecule has 0 fully saturated rings. The SMILES string of the molecule is C.Oc1ccc2cc3ccccc3c(O)c2c1. The number of fused-ring (bicyclic) bond motifs is 2. The summed E-state index contributed by atoms with van der Waals surface area (Å²) in [7, 11) is 0. The predicted octanol–water partition coefficient (Wildman–Crippen LogP) is 4.04. The molecule has 2 heteroatoms. The standard InChI is InChI=1S/C14H10O2.CH4/c15-11-6-5-10-7-9-3-1-2-4-12(9)14(16)13(10)8-11;/h1-8,15-16H;1H4. The molecular weight excluding hydrogens is 212 g/mol. The molecule has 0 unspecified atom stereocenters. The zero-order valence-corrected chi connectivity index (χ0v) is 8.51. The van der Waals surface area contributed by atoms with E-state index in [1.807, 2.05) is 30.3 Å². The first kappa shape index (κ1) is 11.3. The lowest BCUT2D eigenvalue weighted by Crippen LogP contribution is -1.78. The molecule has 0 saturated heterocycles. The van der Waals surface area contributed by atoms with Crippen molar-refractivity contribution in [2.45, 2.75) is 7.43 Å². The molecule has 0 aromatic heterocycles. The Morgan fingerprint density at radius 1 is 0.706 bits per heavy atom. The molecule has 0 heterocycles. The Hall–Kier alpha value is -2.22. The smallest absolute Gasteiger partial charge is 0.131 e. The van der Waals surface area contributed by atoms with E-state index in [1.54, 1.807) is 18.2 Å². The van der Waals surface area contributed by atoms with Crippen LogP contribution in [0.25, 0.3) is 21.5 Å². The fraction of sp³-hybridized carbons (Fsp3) is 0.0667. The summed E-state index contributed by atoms with van der Waals surface area (Å²) in [4.78, 5) is 0. The van der Waals surface area contributed by atoms with Crippen molar-refractivity contribution in [1.29, 1.82) is 0 Å². The Balaban J connectivity index is 0.00000108. The van der Waals surface area contributed by atoms with E-state index in [2.05, 4.69) is 0 Å². The van der Waals surface area contributed by atoms with Gasteiger partial charge in [0.2, 0.25) is 0 Å². The first-order valence-corrected chi connectivity index (χ1v) is 5.09. The van der Waals surface area contributed by atoms with E-state index in [1.165, 1.54) is 0 Å². The Kier molecular flexibility index (Phi) is 2.64. The number of aromatic hydroxyl groups is 2. The largest absolute Gasteiger partial charge is 0.508 e. The first-order chi connectivity index (χ1) is 7.75. The van der Waals surface area contributed by atoms with Gasteiger partial charge in [-0.25, -0.2) is 0 Å². The molecule has 0 saturated carbocycles. The summed E-state index contributed by atoms with van der Waals surface area (Å²) in [6.07, 6.45) is 0. The highest BCUT2D eigenvalue weighted by Crippen LogP contribution is 2.35. The van der Waals surface area contributed by atoms with Gasteiger partial charge in [-0.15, -0.1) is 0 Å². The summed E-state index contributed by atoms with van der Waals surface area (Å²) in [6, 6.07) is 14.7. The maximum absolute atomic E-state index is 10.1. The van der Waals surface area contributed by atoms with Crippen molar-refractivity contribution >= 4 is 21.5 Å². The highest BCUT2D eigenvalue weighted by Gasteiger charge is 2.06. The average Bonchev–Trinajstić information content (AvgIpc) is 2.31. The van der Waals surface area contributed by atoms with Crippen molar-refractivity contribution in [3.63, 3.8) is 0 Å². The third kappa shape index (κ3) is 1.68. The second kappa shape index (κ2) is 3.98. The Morgan fingerprint density at radius 2 is 1.41 bits per heavy atom. The van der Waals surface area contributed by atoms with Crippen LogP contribution in [0.15, 0.2) is 48.5 Å². The van der Waals surface area contributed by atoms with Crippen LogP contribution in [-0.2, 0) is 0 Å². The maximum atomic E-state index is 10.1. The van der Waals surface area contributed by atoms with E-state index in [0.717, 1.165) is 16.2 Å². The minimum Gasteiger partial charge on any atom is -0.508 e. The summed E-state index contributed by atoms with van der Waals surface area (Å²) in [5.41, 5.74) is 0.